The van der Waals surface area contributed by atoms with Gasteiger partial charge in [0.15, 0.2) is 12.2 Å². The number of carbonyl (C=O) groups excluding carboxylic acids is 2. The van der Waals surface area contributed by atoms with E-state index >= 15 is 0 Å². The van der Waals surface area contributed by atoms with Crippen LogP contribution in [0, 0.1) is 0 Å². The van der Waals surface area contributed by atoms with E-state index in [1.807, 2.05) is 60.7 Å². The third-order valence-corrected chi connectivity index (χ3v) is 8.31. The lowest BCUT2D eigenvalue weighted by atomic mass is 9.99. The largest absolute Gasteiger partial charge is 0.452 e. The molecule has 0 amide bonds. The highest BCUT2D eigenvalue weighted by molar-refractivity contribution is 7.99. The molecule has 0 bridgehead atoms. The number of hydrogen-bond acceptors (Lipinski definition) is 7. The predicted molar refractivity (Wildman–Crippen MR) is 163 cm³/mol. The number of rotatable bonds is 9. The maximum Gasteiger partial charge on any atom is 0.338 e. The van der Waals surface area contributed by atoms with Crippen molar-refractivity contribution in [3.05, 3.63) is 136 Å². The first-order valence-corrected chi connectivity index (χ1v) is 15.0. The molecule has 4 aromatic carbocycles. The van der Waals surface area contributed by atoms with Crippen molar-refractivity contribution >= 4 is 46.9 Å². The SMILES string of the molecule is C[C@@H]1O[C@H](Sc2ccccc2)[C@@H](OCc2ccccc2)[C@H](OC(=O)c2ccc(Cl)cc2)[C@@H]1OC(=O)c1ccc(Cl)cc1. The van der Waals surface area contributed by atoms with Crippen molar-refractivity contribution in [2.75, 3.05) is 0 Å². The molecule has 1 saturated heterocycles. The lowest BCUT2D eigenvalue weighted by molar-refractivity contribution is -0.211. The highest BCUT2D eigenvalue weighted by atomic mass is 35.5. The molecule has 0 spiro atoms. The minimum atomic E-state index is -1.00. The Labute approximate surface area is 258 Å². The quantitative estimate of drug-likeness (QED) is 0.176. The predicted octanol–water partition coefficient (Wildman–Crippen LogP) is 7.87. The van der Waals surface area contributed by atoms with Gasteiger partial charge in [-0.1, -0.05) is 83.5 Å². The lowest BCUT2D eigenvalue weighted by Gasteiger charge is -2.44. The van der Waals surface area contributed by atoms with Gasteiger partial charge in [0, 0.05) is 14.9 Å². The summed E-state index contributed by atoms with van der Waals surface area (Å²) in [5.41, 5.74) is 0.948. The molecular formula is C33H28Cl2O6S. The molecule has 5 atom stereocenters. The number of benzene rings is 4. The smallest absolute Gasteiger partial charge is 0.338 e. The Hall–Kier alpha value is -3.33. The Bertz CT molecular complexity index is 1470. The third-order valence-electron chi connectivity index (χ3n) is 6.65. The van der Waals surface area contributed by atoms with Crippen molar-refractivity contribution in [1.29, 1.82) is 0 Å². The topological polar surface area (TPSA) is 71.1 Å². The average Bonchev–Trinajstić information content (AvgIpc) is 3.00. The van der Waals surface area contributed by atoms with Crippen LogP contribution in [0.5, 0.6) is 0 Å². The molecule has 1 aliphatic heterocycles. The van der Waals surface area contributed by atoms with Crippen LogP contribution in [0.4, 0.5) is 0 Å². The van der Waals surface area contributed by atoms with Gasteiger partial charge in [-0.15, -0.1) is 0 Å². The van der Waals surface area contributed by atoms with Crippen LogP contribution < -0.4 is 0 Å². The van der Waals surface area contributed by atoms with Gasteiger partial charge in [0.2, 0.25) is 0 Å². The zero-order valence-corrected chi connectivity index (χ0v) is 24.9. The van der Waals surface area contributed by atoms with Crippen molar-refractivity contribution in [2.45, 2.75) is 48.3 Å². The van der Waals surface area contributed by atoms with E-state index in [9.17, 15) is 9.59 Å². The summed E-state index contributed by atoms with van der Waals surface area (Å²) in [5.74, 6) is -1.20. The number of halogens is 2. The molecule has 4 aromatic rings. The zero-order chi connectivity index (χ0) is 29.5. The Morgan fingerprint density at radius 2 is 1.19 bits per heavy atom. The maximum absolute atomic E-state index is 13.4. The van der Waals surface area contributed by atoms with Crippen LogP contribution in [0.15, 0.2) is 114 Å². The van der Waals surface area contributed by atoms with E-state index in [4.69, 9.17) is 42.1 Å². The molecule has 0 unspecified atom stereocenters. The molecule has 0 aliphatic carbocycles. The summed E-state index contributed by atoms with van der Waals surface area (Å²) in [4.78, 5) is 27.6. The monoisotopic (exact) mass is 622 g/mol. The van der Waals surface area contributed by atoms with Crippen LogP contribution in [0.2, 0.25) is 10.0 Å². The molecule has 0 saturated carbocycles. The van der Waals surface area contributed by atoms with Crippen molar-refractivity contribution in [1.82, 2.24) is 0 Å². The van der Waals surface area contributed by atoms with Gasteiger partial charge in [0.1, 0.15) is 11.5 Å². The van der Waals surface area contributed by atoms with E-state index in [1.54, 1.807) is 55.5 Å². The van der Waals surface area contributed by atoms with Gasteiger partial charge in [0.25, 0.3) is 0 Å². The van der Waals surface area contributed by atoms with Gasteiger partial charge in [-0.05, 0) is 73.2 Å². The van der Waals surface area contributed by atoms with Crippen molar-refractivity contribution in [3.63, 3.8) is 0 Å². The first kappa shape index (κ1) is 30.1. The first-order valence-electron chi connectivity index (χ1n) is 13.3. The Balaban J connectivity index is 1.48. The van der Waals surface area contributed by atoms with Crippen molar-refractivity contribution in [2.24, 2.45) is 0 Å². The molecule has 0 radical (unpaired) electrons. The van der Waals surface area contributed by atoms with E-state index in [2.05, 4.69) is 0 Å². The number of ether oxygens (including phenoxy) is 4. The summed E-state index contributed by atoms with van der Waals surface area (Å²) in [6.45, 7) is 2.01. The molecule has 9 heteroatoms. The highest BCUT2D eigenvalue weighted by Gasteiger charge is 2.50. The third kappa shape index (κ3) is 7.73. The standard InChI is InChI=1S/C33H28Cl2O6S/c1-21-28(40-31(36)23-12-16-25(34)17-13-23)29(41-32(37)24-14-18-26(35)19-15-24)30(38-20-22-8-4-2-5-9-22)33(39-21)42-27-10-6-3-7-11-27/h2-19,21,28-30,33H,20H2,1H3/t21-,28+,29+,30-,33+/m0/s1. The molecular weight excluding hydrogens is 595 g/mol. The van der Waals surface area contributed by atoms with Gasteiger partial charge in [-0.3, -0.25) is 0 Å². The molecule has 0 aromatic heterocycles. The molecule has 1 heterocycles. The molecule has 42 heavy (non-hydrogen) atoms. The van der Waals surface area contributed by atoms with E-state index in [0.717, 1.165) is 10.5 Å². The van der Waals surface area contributed by atoms with Gasteiger partial charge >= 0.3 is 11.9 Å². The molecule has 5 rings (SSSR count). The van der Waals surface area contributed by atoms with Crippen molar-refractivity contribution in [3.8, 4) is 0 Å². The van der Waals surface area contributed by atoms with Crippen molar-refractivity contribution < 1.29 is 28.5 Å². The molecule has 216 valence electrons. The van der Waals surface area contributed by atoms with Crippen LogP contribution in [0.25, 0.3) is 0 Å². The summed E-state index contributed by atoms with van der Waals surface area (Å²) in [6, 6.07) is 32.1. The van der Waals surface area contributed by atoms with Gasteiger partial charge in [-0.25, -0.2) is 9.59 Å². The summed E-state index contributed by atoms with van der Waals surface area (Å²) in [5, 5.41) is 0.982. The van der Waals surface area contributed by atoms with Gasteiger partial charge in [0.05, 0.1) is 23.8 Å². The molecule has 1 aliphatic rings. The van der Waals surface area contributed by atoms with E-state index in [1.165, 1.54) is 11.8 Å². The normalized spacial score (nSPS) is 21.8. The summed E-state index contributed by atoms with van der Waals surface area (Å²) in [6.07, 6.45) is -3.41. The average molecular weight is 624 g/mol. The number of carbonyl (C=O) groups is 2. The first-order chi connectivity index (χ1) is 20.4. The number of hydrogen-bond donors (Lipinski definition) is 0. The second-order valence-electron chi connectivity index (χ2n) is 9.66. The number of thioether (sulfide) groups is 1. The fourth-order valence-corrected chi connectivity index (χ4v) is 5.93. The molecule has 0 N–H and O–H groups in total. The molecule has 1 fully saturated rings. The van der Waals surface area contributed by atoms with Crippen LogP contribution in [0.3, 0.4) is 0 Å². The Kier molecular flexibility index (Phi) is 10.2. The highest BCUT2D eigenvalue weighted by Crippen LogP contribution is 2.38. The van der Waals surface area contributed by atoms with E-state index in [-0.39, 0.29) is 6.61 Å². The second kappa shape index (κ2) is 14.2. The van der Waals surface area contributed by atoms with Gasteiger partial charge < -0.3 is 18.9 Å². The second-order valence-corrected chi connectivity index (χ2v) is 11.7. The Morgan fingerprint density at radius 3 is 1.74 bits per heavy atom. The summed E-state index contributed by atoms with van der Waals surface area (Å²) < 4.78 is 25.0. The minimum absolute atomic E-state index is 0.224. The summed E-state index contributed by atoms with van der Waals surface area (Å²) in [7, 11) is 0. The summed E-state index contributed by atoms with van der Waals surface area (Å²) >= 11 is 13.5. The van der Waals surface area contributed by atoms with Crippen LogP contribution in [-0.2, 0) is 25.6 Å². The Morgan fingerprint density at radius 1 is 0.690 bits per heavy atom. The maximum atomic E-state index is 13.4. The van der Waals surface area contributed by atoms with Crippen LogP contribution >= 0.6 is 35.0 Å². The van der Waals surface area contributed by atoms with Crippen LogP contribution in [0.1, 0.15) is 33.2 Å². The molecule has 6 nitrogen and oxygen atoms in total. The number of esters is 2. The van der Waals surface area contributed by atoms with E-state index < -0.39 is 41.8 Å². The fourth-order valence-electron chi connectivity index (χ4n) is 4.50. The fraction of sp³-hybridized carbons (Fsp3) is 0.212. The van der Waals surface area contributed by atoms with Gasteiger partial charge in [-0.2, -0.15) is 0 Å². The van der Waals surface area contributed by atoms with E-state index in [0.29, 0.717) is 21.2 Å². The lowest BCUT2D eigenvalue weighted by Crippen LogP contribution is -2.59. The van der Waals surface area contributed by atoms with Crippen LogP contribution in [-0.4, -0.2) is 41.8 Å². The minimum Gasteiger partial charge on any atom is -0.452 e. The zero-order valence-electron chi connectivity index (χ0n) is 22.6.